The van der Waals surface area contributed by atoms with Gasteiger partial charge in [-0.2, -0.15) is 9.78 Å². The van der Waals surface area contributed by atoms with Crippen LogP contribution in [0.4, 0.5) is 0 Å². The van der Waals surface area contributed by atoms with Gasteiger partial charge in [-0.3, -0.25) is 4.79 Å². The molecule has 0 amide bonds. The smallest absolute Gasteiger partial charge is 0.282 e. The summed E-state index contributed by atoms with van der Waals surface area (Å²) in [5.74, 6) is 4.14. The molecule has 0 saturated heterocycles. The molecule has 0 aliphatic carbocycles. The molecular formula is C22H20BrN3O3. The van der Waals surface area contributed by atoms with Gasteiger partial charge < -0.3 is 9.47 Å². The molecule has 0 spiro atoms. The molecule has 0 atom stereocenters. The van der Waals surface area contributed by atoms with E-state index in [0.29, 0.717) is 41.3 Å². The van der Waals surface area contributed by atoms with Crippen LogP contribution in [0.1, 0.15) is 25.2 Å². The third-order valence-corrected chi connectivity index (χ3v) is 4.59. The molecular weight excluding hydrogens is 434 g/mol. The number of aryl methyl sites for hydroxylation is 1. The summed E-state index contributed by atoms with van der Waals surface area (Å²) in [6.07, 6.45) is 7.42. The first-order valence-electron chi connectivity index (χ1n) is 9.16. The van der Waals surface area contributed by atoms with Crippen molar-refractivity contribution in [2.75, 3.05) is 13.2 Å². The number of hydrogen-bond donors (Lipinski definition) is 0. The van der Waals surface area contributed by atoms with Crippen molar-refractivity contribution in [2.24, 2.45) is 5.10 Å². The van der Waals surface area contributed by atoms with Crippen molar-refractivity contribution >= 4 is 33.0 Å². The first-order chi connectivity index (χ1) is 14.1. The fourth-order valence-electron chi connectivity index (χ4n) is 2.78. The molecule has 0 N–H and O–H groups in total. The molecule has 0 aliphatic heterocycles. The normalized spacial score (nSPS) is 11.0. The highest BCUT2D eigenvalue weighted by Crippen LogP contribution is 2.28. The second kappa shape index (κ2) is 9.39. The largest absolute Gasteiger partial charge is 0.490 e. The van der Waals surface area contributed by atoms with E-state index in [9.17, 15) is 4.79 Å². The van der Waals surface area contributed by atoms with E-state index in [-0.39, 0.29) is 12.2 Å². The zero-order chi connectivity index (χ0) is 20.8. The highest BCUT2D eigenvalue weighted by molar-refractivity contribution is 9.10. The van der Waals surface area contributed by atoms with Gasteiger partial charge in [0, 0.05) is 10.9 Å². The number of terminal acetylenes is 1. The van der Waals surface area contributed by atoms with Crippen molar-refractivity contribution in [3.05, 3.63) is 62.6 Å². The Bertz CT molecular complexity index is 1160. The summed E-state index contributed by atoms with van der Waals surface area (Å²) in [6.45, 7) is 4.46. The van der Waals surface area contributed by atoms with Crippen LogP contribution < -0.4 is 15.0 Å². The maximum absolute atomic E-state index is 12.9. The third kappa shape index (κ3) is 4.66. The molecule has 0 saturated carbocycles. The van der Waals surface area contributed by atoms with E-state index >= 15 is 0 Å². The minimum atomic E-state index is -0.219. The molecule has 148 valence electrons. The van der Waals surface area contributed by atoms with Gasteiger partial charge in [-0.1, -0.05) is 28.8 Å². The lowest BCUT2D eigenvalue weighted by molar-refractivity contribution is 0.299. The lowest BCUT2D eigenvalue weighted by Gasteiger charge is -2.11. The number of rotatable bonds is 7. The predicted octanol–water partition coefficient (Wildman–Crippen LogP) is 4.01. The number of aromatic nitrogens is 2. The summed E-state index contributed by atoms with van der Waals surface area (Å²) in [5, 5.41) is 4.89. The van der Waals surface area contributed by atoms with Crippen LogP contribution in [0.3, 0.4) is 0 Å². The van der Waals surface area contributed by atoms with Crippen molar-refractivity contribution in [2.45, 2.75) is 20.3 Å². The van der Waals surface area contributed by atoms with Crippen LogP contribution >= 0.6 is 15.9 Å². The Morgan fingerprint density at radius 3 is 2.76 bits per heavy atom. The van der Waals surface area contributed by atoms with Crippen molar-refractivity contribution in [1.82, 2.24) is 9.66 Å². The molecule has 0 radical (unpaired) electrons. The van der Waals surface area contributed by atoms with E-state index < -0.39 is 0 Å². The molecule has 7 heteroatoms. The zero-order valence-corrected chi connectivity index (χ0v) is 17.8. The maximum Gasteiger partial charge on any atom is 0.282 e. The summed E-state index contributed by atoms with van der Waals surface area (Å²) in [6, 6.07) is 10.8. The Morgan fingerprint density at radius 2 is 2.03 bits per heavy atom. The molecule has 0 unspecified atom stereocenters. The van der Waals surface area contributed by atoms with E-state index in [0.717, 1.165) is 10.0 Å². The Balaban J connectivity index is 2.02. The average Bonchev–Trinajstić information content (AvgIpc) is 2.73. The molecule has 0 aliphatic rings. The quantitative estimate of drug-likeness (QED) is 0.400. The summed E-state index contributed by atoms with van der Waals surface area (Å²) in [7, 11) is 0. The Morgan fingerprint density at radius 1 is 1.21 bits per heavy atom. The van der Waals surface area contributed by atoms with Gasteiger partial charge in [-0.25, -0.2) is 4.98 Å². The van der Waals surface area contributed by atoms with Gasteiger partial charge in [0.05, 0.1) is 23.7 Å². The van der Waals surface area contributed by atoms with Gasteiger partial charge >= 0.3 is 0 Å². The van der Waals surface area contributed by atoms with E-state index in [1.807, 2.05) is 32.0 Å². The third-order valence-electron chi connectivity index (χ3n) is 4.09. The average molecular weight is 454 g/mol. The van der Waals surface area contributed by atoms with Crippen LogP contribution in [-0.2, 0) is 6.42 Å². The fraction of sp³-hybridized carbons (Fsp3) is 0.227. The molecule has 3 rings (SSSR count). The second-order valence-corrected chi connectivity index (χ2v) is 6.95. The predicted molar refractivity (Wildman–Crippen MR) is 118 cm³/mol. The SMILES string of the molecule is C#CCOc1ccc(C=Nn2c(CC)nc3ccc(Br)cc3c2=O)cc1OCC. The molecule has 0 bridgehead atoms. The number of nitrogens with zero attached hydrogens (tertiary/aromatic N) is 3. The molecule has 1 heterocycles. The number of hydrogen-bond acceptors (Lipinski definition) is 5. The van der Waals surface area contributed by atoms with Gasteiger partial charge in [-0.05, 0) is 48.9 Å². The summed E-state index contributed by atoms with van der Waals surface area (Å²) in [5.41, 5.74) is 1.18. The van der Waals surface area contributed by atoms with Gasteiger partial charge in [-0.15, -0.1) is 6.42 Å². The molecule has 29 heavy (non-hydrogen) atoms. The monoisotopic (exact) mass is 453 g/mol. The molecule has 6 nitrogen and oxygen atoms in total. The van der Waals surface area contributed by atoms with Crippen LogP contribution in [0.25, 0.3) is 10.9 Å². The van der Waals surface area contributed by atoms with Crippen molar-refractivity contribution in [3.8, 4) is 23.8 Å². The topological polar surface area (TPSA) is 65.7 Å². The maximum atomic E-state index is 12.9. The van der Waals surface area contributed by atoms with Crippen molar-refractivity contribution in [1.29, 1.82) is 0 Å². The van der Waals surface area contributed by atoms with Crippen molar-refractivity contribution in [3.63, 3.8) is 0 Å². The van der Waals surface area contributed by atoms with Crippen molar-refractivity contribution < 1.29 is 9.47 Å². The molecule has 2 aromatic carbocycles. The highest BCUT2D eigenvalue weighted by Gasteiger charge is 2.10. The number of halogens is 1. The molecule has 0 fully saturated rings. The van der Waals surface area contributed by atoms with Crippen LogP contribution in [0.2, 0.25) is 0 Å². The van der Waals surface area contributed by atoms with E-state index in [2.05, 4.69) is 31.9 Å². The summed E-state index contributed by atoms with van der Waals surface area (Å²) < 4.78 is 13.3. The van der Waals surface area contributed by atoms with Crippen LogP contribution in [0, 0.1) is 12.3 Å². The van der Waals surface area contributed by atoms with Gasteiger partial charge in [0.25, 0.3) is 5.56 Å². The highest BCUT2D eigenvalue weighted by atomic mass is 79.9. The summed E-state index contributed by atoms with van der Waals surface area (Å²) >= 11 is 3.40. The van der Waals surface area contributed by atoms with E-state index in [1.54, 1.807) is 24.4 Å². The first kappa shape index (κ1) is 20.6. The first-order valence-corrected chi connectivity index (χ1v) is 9.95. The minimum absolute atomic E-state index is 0.154. The van der Waals surface area contributed by atoms with Crippen LogP contribution in [0.5, 0.6) is 11.5 Å². The Labute approximate surface area is 177 Å². The number of fused-ring (bicyclic) bond motifs is 1. The van der Waals surface area contributed by atoms with Crippen LogP contribution in [0.15, 0.2) is 50.8 Å². The number of benzene rings is 2. The Hall–Kier alpha value is -3.11. The molecule has 3 aromatic rings. The minimum Gasteiger partial charge on any atom is -0.490 e. The molecule has 1 aromatic heterocycles. The number of ether oxygens (including phenoxy) is 2. The Kier molecular flexibility index (Phi) is 6.68. The summed E-state index contributed by atoms with van der Waals surface area (Å²) in [4.78, 5) is 17.5. The lowest BCUT2D eigenvalue weighted by Crippen LogP contribution is -2.22. The zero-order valence-electron chi connectivity index (χ0n) is 16.2. The van der Waals surface area contributed by atoms with E-state index in [1.165, 1.54) is 4.68 Å². The lowest BCUT2D eigenvalue weighted by atomic mass is 10.2. The van der Waals surface area contributed by atoms with Crippen LogP contribution in [-0.4, -0.2) is 29.1 Å². The second-order valence-electron chi connectivity index (χ2n) is 6.04. The van der Waals surface area contributed by atoms with E-state index in [4.69, 9.17) is 15.9 Å². The fourth-order valence-corrected chi connectivity index (χ4v) is 3.14. The standard InChI is InChI=1S/C22H20BrN3O3/c1-4-11-29-19-10-7-15(12-20(19)28-6-3)14-24-26-21(5-2)25-18-9-8-16(23)13-17(18)22(26)27/h1,7-10,12-14H,5-6,11H2,2-3H3. The van der Waals surface area contributed by atoms with Gasteiger partial charge in [0.15, 0.2) is 11.5 Å². The van der Waals surface area contributed by atoms with Gasteiger partial charge in [0.1, 0.15) is 12.4 Å². The van der Waals surface area contributed by atoms with Gasteiger partial charge in [0.2, 0.25) is 0 Å².